The molecule has 0 aliphatic carbocycles. The van der Waals surface area contributed by atoms with Gasteiger partial charge in [-0.2, -0.15) is 0 Å². The minimum Gasteiger partial charge on any atom is -0.454 e. The van der Waals surface area contributed by atoms with Crippen molar-refractivity contribution in [1.82, 2.24) is 14.8 Å². The summed E-state index contributed by atoms with van der Waals surface area (Å²) in [6.45, 7) is 4.61. The van der Waals surface area contributed by atoms with E-state index in [1.54, 1.807) is 30.3 Å². The maximum absolute atomic E-state index is 12.7. The fourth-order valence-electron chi connectivity index (χ4n) is 2.96. The van der Waals surface area contributed by atoms with E-state index in [4.69, 9.17) is 32.7 Å². The molecule has 2 heterocycles. The predicted octanol–water partition coefficient (Wildman–Crippen LogP) is 5.12. The molecule has 4 rings (SSSR count). The second kappa shape index (κ2) is 8.75. The van der Waals surface area contributed by atoms with Gasteiger partial charge < -0.3 is 19.4 Å². The second-order valence-corrected chi connectivity index (χ2v) is 8.64. The predicted molar refractivity (Wildman–Crippen MR) is 118 cm³/mol. The summed E-state index contributed by atoms with van der Waals surface area (Å²) in [5, 5.41) is 12.7. The number of rotatable bonds is 6. The van der Waals surface area contributed by atoms with Crippen molar-refractivity contribution in [3.8, 4) is 22.9 Å². The van der Waals surface area contributed by atoms with Crippen molar-refractivity contribution in [3.05, 3.63) is 46.4 Å². The third kappa shape index (κ3) is 4.21. The number of aromatic nitrogens is 3. The lowest BCUT2D eigenvalue weighted by atomic mass is 10.2. The molecule has 0 radical (unpaired) electrons. The number of halogens is 2. The lowest BCUT2D eigenvalue weighted by Crippen LogP contribution is -2.23. The van der Waals surface area contributed by atoms with Gasteiger partial charge in [0.1, 0.15) is 0 Å². The molecule has 7 nitrogen and oxygen atoms in total. The van der Waals surface area contributed by atoms with E-state index in [1.165, 1.54) is 11.8 Å². The molecule has 0 fully saturated rings. The van der Waals surface area contributed by atoms with Crippen molar-refractivity contribution in [2.24, 2.45) is 0 Å². The topological polar surface area (TPSA) is 78.3 Å². The van der Waals surface area contributed by atoms with E-state index in [9.17, 15) is 4.79 Å². The lowest BCUT2D eigenvalue weighted by Gasteiger charge is -2.13. The van der Waals surface area contributed by atoms with Crippen molar-refractivity contribution in [1.29, 1.82) is 0 Å². The Hall–Kier alpha value is -2.42. The highest BCUT2D eigenvalue weighted by Gasteiger charge is 2.22. The zero-order valence-corrected chi connectivity index (χ0v) is 18.5. The van der Waals surface area contributed by atoms with Crippen LogP contribution in [0.25, 0.3) is 11.4 Å². The van der Waals surface area contributed by atoms with Crippen LogP contribution in [0.15, 0.2) is 41.6 Å². The summed E-state index contributed by atoms with van der Waals surface area (Å²) in [6, 6.07) is 10.5. The van der Waals surface area contributed by atoms with Crippen LogP contribution in [0.1, 0.15) is 13.8 Å². The van der Waals surface area contributed by atoms with Crippen molar-refractivity contribution in [2.75, 3.05) is 12.1 Å². The molecule has 1 aromatic heterocycles. The number of thioether (sulfide) groups is 1. The third-order valence-electron chi connectivity index (χ3n) is 4.50. The Morgan fingerprint density at radius 1 is 1.20 bits per heavy atom. The SMILES string of the molecule is CCn1c(S[C@@H](C)C(=O)Nc2ccc3c(c2)OCO3)nnc1-c1ccc(Cl)cc1Cl. The van der Waals surface area contributed by atoms with Crippen LogP contribution in [0.2, 0.25) is 10.0 Å². The van der Waals surface area contributed by atoms with Gasteiger partial charge in [-0.3, -0.25) is 4.79 Å². The van der Waals surface area contributed by atoms with Crippen LogP contribution in [0, 0.1) is 0 Å². The Bertz CT molecular complexity index is 1110. The molecule has 1 aliphatic heterocycles. The number of nitrogens with one attached hydrogen (secondary N) is 1. The summed E-state index contributed by atoms with van der Waals surface area (Å²) in [4.78, 5) is 12.7. The number of benzene rings is 2. The number of carbonyl (C=O) groups is 1. The van der Waals surface area contributed by atoms with Crippen LogP contribution >= 0.6 is 35.0 Å². The summed E-state index contributed by atoms with van der Waals surface area (Å²) < 4.78 is 12.6. The minimum absolute atomic E-state index is 0.157. The zero-order chi connectivity index (χ0) is 21.3. The summed E-state index contributed by atoms with van der Waals surface area (Å²) in [5.74, 6) is 1.75. The van der Waals surface area contributed by atoms with Gasteiger partial charge in [0.2, 0.25) is 12.7 Å². The zero-order valence-electron chi connectivity index (χ0n) is 16.2. The van der Waals surface area contributed by atoms with E-state index < -0.39 is 5.25 Å². The Labute approximate surface area is 187 Å². The van der Waals surface area contributed by atoms with Crippen LogP contribution in [-0.2, 0) is 11.3 Å². The van der Waals surface area contributed by atoms with Crippen molar-refractivity contribution in [3.63, 3.8) is 0 Å². The maximum Gasteiger partial charge on any atom is 0.237 e. The van der Waals surface area contributed by atoms with Crippen LogP contribution < -0.4 is 14.8 Å². The smallest absolute Gasteiger partial charge is 0.237 e. The van der Waals surface area contributed by atoms with E-state index in [0.717, 1.165) is 5.56 Å². The molecule has 156 valence electrons. The van der Waals surface area contributed by atoms with Gasteiger partial charge in [0.05, 0.1) is 10.3 Å². The van der Waals surface area contributed by atoms with Gasteiger partial charge in [0, 0.05) is 28.9 Å². The Morgan fingerprint density at radius 3 is 2.77 bits per heavy atom. The molecule has 0 spiro atoms. The molecule has 0 bridgehead atoms. The van der Waals surface area contributed by atoms with E-state index >= 15 is 0 Å². The number of carbonyl (C=O) groups excluding carboxylic acids is 1. The Morgan fingerprint density at radius 2 is 2.00 bits per heavy atom. The van der Waals surface area contributed by atoms with Gasteiger partial charge in [-0.1, -0.05) is 35.0 Å². The van der Waals surface area contributed by atoms with Gasteiger partial charge in [0.15, 0.2) is 22.5 Å². The lowest BCUT2D eigenvalue weighted by molar-refractivity contribution is -0.115. The monoisotopic (exact) mass is 464 g/mol. The highest BCUT2D eigenvalue weighted by Crippen LogP contribution is 2.35. The molecule has 0 unspecified atom stereocenters. The standard InChI is InChI=1S/C20H18Cl2N4O3S/c1-3-26-18(14-6-4-12(21)8-15(14)22)24-25-20(26)30-11(2)19(27)23-13-5-7-16-17(9-13)29-10-28-16/h4-9,11H,3,10H2,1-2H3,(H,23,27)/t11-/m0/s1. The fourth-order valence-corrected chi connectivity index (χ4v) is 4.37. The number of amides is 1. The van der Waals surface area contributed by atoms with Crippen LogP contribution in [0.5, 0.6) is 11.5 Å². The van der Waals surface area contributed by atoms with E-state index in [0.29, 0.717) is 44.8 Å². The first-order valence-electron chi connectivity index (χ1n) is 9.22. The molecule has 1 N–H and O–H groups in total. The molecule has 1 atom stereocenters. The number of hydrogen-bond donors (Lipinski definition) is 1. The van der Waals surface area contributed by atoms with Crippen LogP contribution in [-0.4, -0.2) is 32.7 Å². The first-order valence-corrected chi connectivity index (χ1v) is 10.9. The molecule has 0 saturated heterocycles. The second-order valence-electron chi connectivity index (χ2n) is 6.49. The number of ether oxygens (including phenoxy) is 2. The number of fused-ring (bicyclic) bond motifs is 1. The van der Waals surface area contributed by atoms with Gasteiger partial charge >= 0.3 is 0 Å². The average molecular weight is 465 g/mol. The number of hydrogen-bond acceptors (Lipinski definition) is 6. The molecular formula is C20H18Cl2N4O3S. The normalized spacial score (nSPS) is 13.3. The molecule has 30 heavy (non-hydrogen) atoms. The Balaban J connectivity index is 1.49. The van der Waals surface area contributed by atoms with Gasteiger partial charge in [-0.25, -0.2) is 0 Å². The summed E-state index contributed by atoms with van der Waals surface area (Å²) in [5.41, 5.74) is 1.38. The average Bonchev–Trinajstić information content (AvgIpc) is 3.34. The van der Waals surface area contributed by atoms with E-state index in [2.05, 4.69) is 15.5 Å². The quantitative estimate of drug-likeness (QED) is 0.510. The highest BCUT2D eigenvalue weighted by atomic mass is 35.5. The van der Waals surface area contributed by atoms with Gasteiger partial charge in [-0.05, 0) is 44.2 Å². The summed E-state index contributed by atoms with van der Waals surface area (Å²) in [7, 11) is 0. The summed E-state index contributed by atoms with van der Waals surface area (Å²) >= 11 is 13.7. The molecule has 1 amide bonds. The molecule has 10 heteroatoms. The van der Waals surface area contributed by atoms with E-state index in [-0.39, 0.29) is 12.7 Å². The largest absolute Gasteiger partial charge is 0.454 e. The molecule has 3 aromatic rings. The van der Waals surface area contributed by atoms with Crippen molar-refractivity contribution >= 4 is 46.6 Å². The van der Waals surface area contributed by atoms with Crippen molar-refractivity contribution in [2.45, 2.75) is 30.8 Å². The number of nitrogens with zero attached hydrogens (tertiary/aromatic N) is 3. The highest BCUT2D eigenvalue weighted by molar-refractivity contribution is 8.00. The first-order chi connectivity index (χ1) is 14.5. The van der Waals surface area contributed by atoms with Gasteiger partial charge in [0.25, 0.3) is 0 Å². The summed E-state index contributed by atoms with van der Waals surface area (Å²) in [6.07, 6.45) is 0. The first kappa shape index (κ1) is 20.8. The third-order valence-corrected chi connectivity index (χ3v) is 6.12. The molecule has 1 aliphatic rings. The fraction of sp³-hybridized carbons (Fsp3) is 0.250. The Kier molecular flexibility index (Phi) is 6.08. The van der Waals surface area contributed by atoms with Crippen LogP contribution in [0.4, 0.5) is 5.69 Å². The minimum atomic E-state index is -0.404. The maximum atomic E-state index is 12.7. The van der Waals surface area contributed by atoms with E-state index in [1.807, 2.05) is 24.5 Å². The molecule has 0 saturated carbocycles. The number of anilines is 1. The van der Waals surface area contributed by atoms with Crippen molar-refractivity contribution < 1.29 is 14.3 Å². The molecular weight excluding hydrogens is 447 g/mol. The molecule has 2 aromatic carbocycles. The van der Waals surface area contributed by atoms with Gasteiger partial charge in [-0.15, -0.1) is 10.2 Å². The van der Waals surface area contributed by atoms with Crippen LogP contribution in [0.3, 0.4) is 0 Å².